The van der Waals surface area contributed by atoms with Crippen molar-refractivity contribution >= 4 is 46.7 Å². The number of anilines is 1. The van der Waals surface area contributed by atoms with Gasteiger partial charge in [0.25, 0.3) is 5.91 Å². The SMILES string of the molecule is CC(C)C(=O)Nc1cc(C#N)cc(COc2c(Cl)cc(C(=O)NCC(=O)O)cc2Cl)c1. The molecule has 162 valence electrons. The van der Waals surface area contributed by atoms with Gasteiger partial charge in [-0.1, -0.05) is 37.0 Å². The summed E-state index contributed by atoms with van der Waals surface area (Å²) in [6, 6.07) is 9.45. The molecule has 0 atom stereocenters. The zero-order valence-corrected chi connectivity index (χ0v) is 18.2. The van der Waals surface area contributed by atoms with E-state index in [0.717, 1.165) is 0 Å². The summed E-state index contributed by atoms with van der Waals surface area (Å²) in [7, 11) is 0. The number of nitrogens with zero attached hydrogens (tertiary/aromatic N) is 1. The fraction of sp³-hybridized carbons (Fsp3) is 0.238. The number of benzene rings is 2. The number of carboxylic acids is 1. The first-order chi connectivity index (χ1) is 14.6. The van der Waals surface area contributed by atoms with Gasteiger partial charge in [0.1, 0.15) is 13.2 Å². The molecular formula is C21H19Cl2N3O5. The van der Waals surface area contributed by atoms with Crippen molar-refractivity contribution in [2.75, 3.05) is 11.9 Å². The molecule has 0 spiro atoms. The number of nitriles is 1. The van der Waals surface area contributed by atoms with Crippen LogP contribution in [0.2, 0.25) is 10.0 Å². The van der Waals surface area contributed by atoms with Gasteiger partial charge in [0, 0.05) is 17.2 Å². The second-order valence-corrected chi connectivity index (χ2v) is 7.62. The molecule has 2 rings (SSSR count). The fourth-order valence-corrected chi connectivity index (χ4v) is 3.04. The second-order valence-electron chi connectivity index (χ2n) is 6.81. The molecule has 0 aliphatic rings. The number of amides is 2. The zero-order chi connectivity index (χ0) is 23.1. The molecule has 3 N–H and O–H groups in total. The average molecular weight is 464 g/mol. The van der Waals surface area contributed by atoms with Crippen LogP contribution in [0.15, 0.2) is 30.3 Å². The van der Waals surface area contributed by atoms with Crippen molar-refractivity contribution < 1.29 is 24.2 Å². The molecule has 0 radical (unpaired) electrons. The van der Waals surface area contributed by atoms with E-state index < -0.39 is 18.4 Å². The highest BCUT2D eigenvalue weighted by Gasteiger charge is 2.16. The Labute approximate surface area is 188 Å². The van der Waals surface area contributed by atoms with Crippen molar-refractivity contribution in [1.29, 1.82) is 5.26 Å². The summed E-state index contributed by atoms with van der Waals surface area (Å²) in [5.74, 6) is -2.13. The van der Waals surface area contributed by atoms with Gasteiger partial charge in [0.05, 0.1) is 21.7 Å². The number of rotatable bonds is 8. The number of hydrogen-bond donors (Lipinski definition) is 3. The molecule has 0 aromatic heterocycles. The van der Waals surface area contributed by atoms with Crippen LogP contribution in [-0.4, -0.2) is 29.4 Å². The van der Waals surface area contributed by atoms with Crippen LogP contribution in [0.3, 0.4) is 0 Å². The lowest BCUT2D eigenvalue weighted by Crippen LogP contribution is -2.29. The van der Waals surface area contributed by atoms with Crippen LogP contribution in [0.4, 0.5) is 5.69 Å². The van der Waals surface area contributed by atoms with Crippen molar-refractivity contribution in [2.45, 2.75) is 20.5 Å². The first-order valence-electron chi connectivity index (χ1n) is 9.07. The number of carbonyl (C=O) groups is 3. The molecule has 0 heterocycles. The molecule has 0 bridgehead atoms. The van der Waals surface area contributed by atoms with E-state index in [0.29, 0.717) is 16.8 Å². The number of hydrogen-bond acceptors (Lipinski definition) is 5. The van der Waals surface area contributed by atoms with Crippen LogP contribution < -0.4 is 15.4 Å². The van der Waals surface area contributed by atoms with E-state index in [1.54, 1.807) is 32.0 Å². The molecule has 8 nitrogen and oxygen atoms in total. The molecule has 0 saturated heterocycles. The molecule has 0 unspecified atom stereocenters. The Morgan fingerprint density at radius 2 is 1.77 bits per heavy atom. The second kappa shape index (κ2) is 10.7. The average Bonchev–Trinajstić information content (AvgIpc) is 2.70. The lowest BCUT2D eigenvalue weighted by atomic mass is 10.1. The molecule has 0 fully saturated rings. The smallest absolute Gasteiger partial charge is 0.322 e. The molecule has 31 heavy (non-hydrogen) atoms. The summed E-state index contributed by atoms with van der Waals surface area (Å²) in [5, 5.41) is 22.9. The number of carboxylic acid groups (broad SMARTS) is 1. The van der Waals surface area contributed by atoms with Crippen LogP contribution >= 0.6 is 23.2 Å². The van der Waals surface area contributed by atoms with Crippen molar-refractivity contribution in [2.24, 2.45) is 5.92 Å². The minimum atomic E-state index is -1.19. The summed E-state index contributed by atoms with van der Waals surface area (Å²) in [5.41, 5.74) is 1.46. The summed E-state index contributed by atoms with van der Waals surface area (Å²) in [6.45, 7) is 2.95. The van der Waals surface area contributed by atoms with E-state index in [9.17, 15) is 19.6 Å². The van der Waals surface area contributed by atoms with Gasteiger partial charge in [-0.25, -0.2) is 0 Å². The molecule has 2 amide bonds. The van der Waals surface area contributed by atoms with E-state index in [1.165, 1.54) is 12.1 Å². The van der Waals surface area contributed by atoms with E-state index in [-0.39, 0.29) is 39.8 Å². The van der Waals surface area contributed by atoms with Gasteiger partial charge < -0.3 is 20.5 Å². The Bertz CT molecular complexity index is 1040. The predicted octanol–water partition coefficient (Wildman–Crippen LogP) is 3.85. The van der Waals surface area contributed by atoms with Gasteiger partial charge in [-0.3, -0.25) is 14.4 Å². The van der Waals surface area contributed by atoms with Crippen molar-refractivity contribution in [3.8, 4) is 11.8 Å². The maximum atomic E-state index is 12.0. The minimum Gasteiger partial charge on any atom is -0.486 e. The quantitative estimate of drug-likeness (QED) is 0.545. The van der Waals surface area contributed by atoms with Gasteiger partial charge in [0.2, 0.25) is 5.91 Å². The van der Waals surface area contributed by atoms with Gasteiger partial charge in [-0.15, -0.1) is 0 Å². The summed E-state index contributed by atoms with van der Waals surface area (Å²) in [4.78, 5) is 34.5. The van der Waals surface area contributed by atoms with Gasteiger partial charge in [0.15, 0.2) is 5.75 Å². The summed E-state index contributed by atoms with van der Waals surface area (Å²) >= 11 is 12.4. The van der Waals surface area contributed by atoms with E-state index >= 15 is 0 Å². The summed E-state index contributed by atoms with van der Waals surface area (Å²) < 4.78 is 5.68. The molecule has 2 aromatic rings. The summed E-state index contributed by atoms with van der Waals surface area (Å²) in [6.07, 6.45) is 0. The standard InChI is InChI=1S/C21H19Cl2N3O5/c1-11(2)20(29)26-15-4-12(8-24)3-13(5-15)10-31-19-16(22)6-14(7-17(19)23)21(30)25-9-18(27)28/h3-7,11H,9-10H2,1-2H3,(H,25,30)(H,26,29)(H,27,28). The zero-order valence-electron chi connectivity index (χ0n) is 16.7. The van der Waals surface area contributed by atoms with Crippen LogP contribution in [0.5, 0.6) is 5.75 Å². The van der Waals surface area contributed by atoms with Crippen LogP contribution in [0.25, 0.3) is 0 Å². The van der Waals surface area contributed by atoms with Crippen LogP contribution in [0.1, 0.15) is 35.3 Å². The third-order valence-electron chi connectivity index (χ3n) is 3.96. The molecule has 0 saturated carbocycles. The highest BCUT2D eigenvalue weighted by molar-refractivity contribution is 6.37. The highest BCUT2D eigenvalue weighted by Crippen LogP contribution is 2.35. The van der Waals surface area contributed by atoms with Gasteiger partial charge in [-0.05, 0) is 35.9 Å². The number of carbonyl (C=O) groups excluding carboxylic acids is 2. The lowest BCUT2D eigenvalue weighted by Gasteiger charge is -2.13. The third-order valence-corrected chi connectivity index (χ3v) is 4.52. The van der Waals surface area contributed by atoms with Crippen LogP contribution in [-0.2, 0) is 16.2 Å². The van der Waals surface area contributed by atoms with Crippen LogP contribution in [0, 0.1) is 17.2 Å². The van der Waals surface area contributed by atoms with E-state index in [1.807, 2.05) is 6.07 Å². The highest BCUT2D eigenvalue weighted by atomic mass is 35.5. The fourth-order valence-electron chi connectivity index (χ4n) is 2.44. The maximum Gasteiger partial charge on any atom is 0.322 e. The lowest BCUT2D eigenvalue weighted by molar-refractivity contribution is -0.135. The van der Waals surface area contributed by atoms with Gasteiger partial charge in [-0.2, -0.15) is 5.26 Å². The minimum absolute atomic E-state index is 0.00985. The first kappa shape index (κ1) is 24.0. The topological polar surface area (TPSA) is 129 Å². The molecule has 0 aliphatic heterocycles. The first-order valence-corrected chi connectivity index (χ1v) is 9.83. The Balaban J connectivity index is 2.19. The number of ether oxygens (including phenoxy) is 1. The van der Waals surface area contributed by atoms with Crippen molar-refractivity contribution in [1.82, 2.24) is 5.32 Å². The normalized spacial score (nSPS) is 10.3. The largest absolute Gasteiger partial charge is 0.486 e. The predicted molar refractivity (Wildman–Crippen MR) is 115 cm³/mol. The Kier molecular flexibility index (Phi) is 8.25. The Morgan fingerprint density at radius 3 is 2.32 bits per heavy atom. The molecule has 2 aromatic carbocycles. The Hall–Kier alpha value is -3.28. The number of halogens is 2. The Morgan fingerprint density at radius 1 is 1.13 bits per heavy atom. The van der Waals surface area contributed by atoms with Crippen molar-refractivity contribution in [3.05, 3.63) is 57.1 Å². The number of nitrogens with one attached hydrogen (secondary N) is 2. The molecular weight excluding hydrogens is 445 g/mol. The van der Waals surface area contributed by atoms with Crippen molar-refractivity contribution in [3.63, 3.8) is 0 Å². The maximum absolute atomic E-state index is 12.0. The number of aliphatic carboxylic acids is 1. The molecule has 0 aliphatic carbocycles. The van der Waals surface area contributed by atoms with Gasteiger partial charge >= 0.3 is 5.97 Å². The van der Waals surface area contributed by atoms with E-state index in [2.05, 4.69) is 10.6 Å². The van der Waals surface area contributed by atoms with E-state index in [4.69, 9.17) is 33.0 Å². The monoisotopic (exact) mass is 463 g/mol. The molecule has 10 heteroatoms. The third kappa shape index (κ3) is 6.88.